The van der Waals surface area contributed by atoms with Crippen LogP contribution in [0.4, 0.5) is 0 Å². The largest absolute Gasteiger partial charge is 0.326 e. The maximum Gasteiger partial charge on any atom is 0.0497 e. The molecule has 1 heterocycles. The lowest BCUT2D eigenvalue weighted by Gasteiger charge is -2.34. The van der Waals surface area contributed by atoms with Crippen LogP contribution in [0.15, 0.2) is 24.3 Å². The van der Waals surface area contributed by atoms with Crippen LogP contribution >= 0.6 is 11.6 Å². The zero-order valence-corrected chi connectivity index (χ0v) is 13.7. The number of hydrogen-bond acceptors (Lipinski definition) is 2. The maximum absolute atomic E-state index is 6.29. The van der Waals surface area contributed by atoms with Crippen molar-refractivity contribution in [2.24, 2.45) is 11.1 Å². The van der Waals surface area contributed by atoms with E-state index in [1.165, 1.54) is 24.8 Å². The fourth-order valence-electron chi connectivity index (χ4n) is 3.57. The summed E-state index contributed by atoms with van der Waals surface area (Å²) in [6.45, 7) is 9.02. The molecule has 0 aliphatic carbocycles. The van der Waals surface area contributed by atoms with Crippen LogP contribution in [0.2, 0.25) is 5.02 Å². The average molecular weight is 295 g/mol. The van der Waals surface area contributed by atoms with Crippen LogP contribution in [0.1, 0.15) is 51.6 Å². The average Bonchev–Trinajstić information content (AvgIpc) is 2.83. The third-order valence-electron chi connectivity index (χ3n) is 5.05. The SMILES string of the molecule is CCC1(CC)CCN(C(c2cccc(Cl)c2)C(C)N)C1. The first-order chi connectivity index (χ1) is 9.51. The van der Waals surface area contributed by atoms with Crippen molar-refractivity contribution >= 4 is 11.6 Å². The topological polar surface area (TPSA) is 29.3 Å². The van der Waals surface area contributed by atoms with E-state index in [2.05, 4.69) is 37.8 Å². The van der Waals surface area contributed by atoms with Gasteiger partial charge in [-0.2, -0.15) is 0 Å². The summed E-state index contributed by atoms with van der Waals surface area (Å²) < 4.78 is 0. The summed E-state index contributed by atoms with van der Waals surface area (Å²) in [6.07, 6.45) is 3.78. The second-order valence-electron chi connectivity index (χ2n) is 6.29. The highest BCUT2D eigenvalue weighted by atomic mass is 35.5. The predicted octanol–water partition coefficient (Wildman–Crippen LogP) is 4.24. The van der Waals surface area contributed by atoms with Crippen molar-refractivity contribution in [3.63, 3.8) is 0 Å². The summed E-state index contributed by atoms with van der Waals surface area (Å²) >= 11 is 6.15. The Bertz CT molecular complexity index is 440. The first-order valence-corrected chi connectivity index (χ1v) is 8.14. The number of nitrogens with two attached hydrogens (primary N) is 1. The van der Waals surface area contributed by atoms with E-state index in [-0.39, 0.29) is 12.1 Å². The molecule has 0 amide bonds. The van der Waals surface area contributed by atoms with E-state index in [4.69, 9.17) is 17.3 Å². The molecule has 1 fully saturated rings. The number of nitrogens with zero attached hydrogens (tertiary/aromatic N) is 1. The lowest BCUT2D eigenvalue weighted by molar-refractivity contribution is 0.178. The third kappa shape index (κ3) is 3.19. The molecule has 0 bridgehead atoms. The molecule has 1 aromatic rings. The first kappa shape index (κ1) is 15.8. The third-order valence-corrected chi connectivity index (χ3v) is 5.28. The second kappa shape index (κ2) is 6.46. The number of hydrogen-bond donors (Lipinski definition) is 1. The van der Waals surface area contributed by atoms with Gasteiger partial charge in [0.15, 0.2) is 0 Å². The van der Waals surface area contributed by atoms with Gasteiger partial charge < -0.3 is 5.73 Å². The Balaban J connectivity index is 2.23. The van der Waals surface area contributed by atoms with Gasteiger partial charge in [-0.05, 0) is 55.8 Å². The molecular weight excluding hydrogens is 268 g/mol. The summed E-state index contributed by atoms with van der Waals surface area (Å²) in [7, 11) is 0. The second-order valence-corrected chi connectivity index (χ2v) is 6.72. The van der Waals surface area contributed by atoms with Crippen molar-refractivity contribution in [3.05, 3.63) is 34.9 Å². The molecule has 0 aromatic heterocycles. The molecular formula is C17H27ClN2. The van der Waals surface area contributed by atoms with Gasteiger partial charge in [-0.15, -0.1) is 0 Å². The molecule has 2 rings (SSSR count). The van der Waals surface area contributed by atoms with Gasteiger partial charge in [0.2, 0.25) is 0 Å². The normalized spacial score (nSPS) is 21.9. The highest BCUT2D eigenvalue weighted by Crippen LogP contribution is 2.41. The van der Waals surface area contributed by atoms with Gasteiger partial charge >= 0.3 is 0 Å². The van der Waals surface area contributed by atoms with Crippen molar-refractivity contribution in [2.75, 3.05) is 13.1 Å². The highest BCUT2D eigenvalue weighted by Gasteiger charge is 2.39. The van der Waals surface area contributed by atoms with E-state index in [9.17, 15) is 0 Å². The van der Waals surface area contributed by atoms with Crippen molar-refractivity contribution in [1.29, 1.82) is 0 Å². The fourth-order valence-corrected chi connectivity index (χ4v) is 3.77. The van der Waals surface area contributed by atoms with Crippen LogP contribution in [0.25, 0.3) is 0 Å². The lowest BCUT2D eigenvalue weighted by atomic mass is 9.82. The molecule has 1 aliphatic heterocycles. The lowest BCUT2D eigenvalue weighted by Crippen LogP contribution is -2.39. The van der Waals surface area contributed by atoms with Gasteiger partial charge in [0, 0.05) is 23.7 Å². The molecule has 1 aliphatic rings. The van der Waals surface area contributed by atoms with Crippen LogP contribution in [-0.4, -0.2) is 24.0 Å². The molecule has 112 valence electrons. The van der Waals surface area contributed by atoms with E-state index < -0.39 is 0 Å². The molecule has 2 atom stereocenters. The standard InChI is InChI=1S/C17H27ClN2/c1-4-17(5-2)9-10-20(12-17)16(13(3)19)14-7-6-8-15(18)11-14/h6-8,11,13,16H,4-5,9-10,12,19H2,1-3H3. The number of rotatable bonds is 5. The van der Waals surface area contributed by atoms with Crippen molar-refractivity contribution in [1.82, 2.24) is 4.90 Å². The van der Waals surface area contributed by atoms with E-state index in [1.807, 2.05) is 12.1 Å². The van der Waals surface area contributed by atoms with E-state index in [0.29, 0.717) is 5.41 Å². The van der Waals surface area contributed by atoms with Gasteiger partial charge in [0.25, 0.3) is 0 Å². The van der Waals surface area contributed by atoms with Crippen LogP contribution in [-0.2, 0) is 0 Å². The van der Waals surface area contributed by atoms with E-state index in [0.717, 1.165) is 18.1 Å². The van der Waals surface area contributed by atoms with Crippen molar-refractivity contribution in [3.8, 4) is 0 Å². The number of benzene rings is 1. The monoisotopic (exact) mass is 294 g/mol. The van der Waals surface area contributed by atoms with Gasteiger partial charge in [-0.25, -0.2) is 0 Å². The minimum atomic E-state index is 0.109. The zero-order valence-electron chi connectivity index (χ0n) is 12.9. The summed E-state index contributed by atoms with van der Waals surface area (Å²) in [5.74, 6) is 0. The molecule has 0 radical (unpaired) electrons. The van der Waals surface area contributed by atoms with Crippen LogP contribution in [0, 0.1) is 5.41 Å². The molecule has 3 heteroatoms. The number of likely N-dealkylation sites (tertiary alicyclic amines) is 1. The summed E-state index contributed by atoms with van der Waals surface area (Å²) in [5.41, 5.74) is 8.01. The summed E-state index contributed by atoms with van der Waals surface area (Å²) in [6, 6.07) is 8.54. The minimum absolute atomic E-state index is 0.109. The Morgan fingerprint density at radius 1 is 1.35 bits per heavy atom. The molecule has 20 heavy (non-hydrogen) atoms. The van der Waals surface area contributed by atoms with Crippen LogP contribution in [0.5, 0.6) is 0 Å². The fraction of sp³-hybridized carbons (Fsp3) is 0.647. The maximum atomic E-state index is 6.29. The Morgan fingerprint density at radius 3 is 2.55 bits per heavy atom. The first-order valence-electron chi connectivity index (χ1n) is 7.76. The van der Waals surface area contributed by atoms with Gasteiger partial charge in [0.1, 0.15) is 0 Å². The summed E-state index contributed by atoms with van der Waals surface area (Å²) in [4.78, 5) is 2.56. The molecule has 0 spiro atoms. The van der Waals surface area contributed by atoms with E-state index in [1.54, 1.807) is 0 Å². The molecule has 2 N–H and O–H groups in total. The molecule has 2 nitrogen and oxygen atoms in total. The number of halogens is 1. The summed E-state index contributed by atoms with van der Waals surface area (Å²) in [5, 5.41) is 0.796. The molecule has 1 aromatic carbocycles. The van der Waals surface area contributed by atoms with E-state index >= 15 is 0 Å². The van der Waals surface area contributed by atoms with Gasteiger partial charge in [0.05, 0.1) is 0 Å². The Kier molecular flexibility index (Phi) is 5.11. The Morgan fingerprint density at radius 2 is 2.05 bits per heavy atom. The predicted molar refractivity (Wildman–Crippen MR) is 87.0 cm³/mol. The van der Waals surface area contributed by atoms with Crippen molar-refractivity contribution in [2.45, 2.75) is 52.1 Å². The van der Waals surface area contributed by atoms with Crippen molar-refractivity contribution < 1.29 is 0 Å². The molecule has 1 saturated heterocycles. The zero-order chi connectivity index (χ0) is 14.8. The molecule has 2 unspecified atom stereocenters. The highest BCUT2D eigenvalue weighted by molar-refractivity contribution is 6.30. The van der Waals surface area contributed by atoms with Crippen LogP contribution in [0.3, 0.4) is 0 Å². The quantitative estimate of drug-likeness (QED) is 0.880. The molecule has 0 saturated carbocycles. The minimum Gasteiger partial charge on any atom is -0.326 e. The Labute approximate surface area is 128 Å². The Hall–Kier alpha value is -0.570. The smallest absolute Gasteiger partial charge is 0.0497 e. The van der Waals surface area contributed by atoms with Gasteiger partial charge in [-0.3, -0.25) is 4.90 Å². The van der Waals surface area contributed by atoms with Gasteiger partial charge in [-0.1, -0.05) is 37.6 Å². The van der Waals surface area contributed by atoms with Crippen LogP contribution < -0.4 is 5.73 Å².